The third-order valence-electron chi connectivity index (χ3n) is 2.22. The van der Waals surface area contributed by atoms with Crippen molar-refractivity contribution in [3.63, 3.8) is 0 Å². The van der Waals surface area contributed by atoms with Gasteiger partial charge in [0.1, 0.15) is 0 Å². The van der Waals surface area contributed by atoms with Gasteiger partial charge in [0.25, 0.3) is 0 Å². The molecule has 0 aliphatic carbocycles. The predicted molar refractivity (Wildman–Crippen MR) is 75.7 cm³/mol. The molecule has 0 radical (unpaired) electrons. The summed E-state index contributed by atoms with van der Waals surface area (Å²) in [4.78, 5) is 0.890. The molecule has 0 aliphatic heterocycles. The van der Waals surface area contributed by atoms with E-state index in [9.17, 15) is 4.21 Å². The van der Waals surface area contributed by atoms with E-state index in [1.807, 2.05) is 54.6 Å². The molecule has 0 aromatic heterocycles. The summed E-state index contributed by atoms with van der Waals surface area (Å²) in [5.74, 6) is 0.584. The summed E-state index contributed by atoms with van der Waals surface area (Å²) in [6.07, 6.45) is 0. The summed E-state index contributed by atoms with van der Waals surface area (Å²) in [5, 5.41) is 0. The third kappa shape index (κ3) is 3.15. The van der Waals surface area contributed by atoms with Gasteiger partial charge in [-0.15, -0.1) is 0 Å². The van der Waals surface area contributed by atoms with Crippen molar-refractivity contribution in [2.24, 2.45) is 0 Å². The van der Waals surface area contributed by atoms with Gasteiger partial charge < -0.3 is 0 Å². The van der Waals surface area contributed by atoms with Crippen LogP contribution in [-0.4, -0.2) is 4.21 Å². The Labute approximate surface area is 111 Å². The first-order valence-corrected chi connectivity index (χ1v) is 7.33. The lowest BCUT2D eigenvalue weighted by molar-refractivity contribution is 0.682. The van der Waals surface area contributed by atoms with Gasteiger partial charge in [0.2, 0.25) is 0 Å². The molecule has 1 atom stereocenters. The van der Waals surface area contributed by atoms with E-state index < -0.39 is 10.8 Å². The Morgan fingerprint density at radius 3 is 2.19 bits per heavy atom. The summed E-state index contributed by atoms with van der Waals surface area (Å²) < 4.78 is 13.2. The molecular weight excluding hydrogens is 331 g/mol. The van der Waals surface area contributed by atoms with Gasteiger partial charge in [0, 0.05) is 8.47 Å². The number of halogens is 1. The van der Waals surface area contributed by atoms with Crippen LogP contribution in [0.2, 0.25) is 0 Å². The zero-order valence-electron chi connectivity index (χ0n) is 8.60. The first-order valence-electron chi connectivity index (χ1n) is 4.93. The molecule has 0 N–H and O–H groups in total. The van der Waals surface area contributed by atoms with E-state index in [4.69, 9.17) is 0 Å². The maximum absolute atomic E-state index is 12.0. The van der Waals surface area contributed by atoms with Crippen molar-refractivity contribution in [3.8, 4) is 0 Å². The van der Waals surface area contributed by atoms with Crippen molar-refractivity contribution in [3.05, 3.63) is 63.7 Å². The minimum Gasteiger partial charge on any atom is -0.254 e. The van der Waals surface area contributed by atoms with Crippen molar-refractivity contribution in [2.75, 3.05) is 0 Å². The lowest BCUT2D eigenvalue weighted by Gasteiger charge is -2.02. The van der Waals surface area contributed by atoms with Gasteiger partial charge >= 0.3 is 0 Å². The molecule has 0 saturated heterocycles. The molecule has 0 saturated carbocycles. The molecule has 2 aromatic carbocycles. The normalized spacial score (nSPS) is 12.3. The van der Waals surface area contributed by atoms with Crippen molar-refractivity contribution in [1.82, 2.24) is 0 Å². The van der Waals surface area contributed by atoms with Gasteiger partial charge in [0.05, 0.1) is 16.6 Å². The van der Waals surface area contributed by atoms with E-state index >= 15 is 0 Å². The first kappa shape index (κ1) is 11.8. The second-order valence-electron chi connectivity index (χ2n) is 3.43. The predicted octanol–water partition coefficient (Wildman–Crippen LogP) is 3.60. The molecule has 16 heavy (non-hydrogen) atoms. The lowest BCUT2D eigenvalue weighted by Crippen LogP contribution is -1.96. The maximum Gasteiger partial charge on any atom is 0.0574 e. The molecule has 1 nitrogen and oxygen atoms in total. The van der Waals surface area contributed by atoms with Crippen molar-refractivity contribution < 1.29 is 4.21 Å². The summed E-state index contributed by atoms with van der Waals surface area (Å²) in [6.45, 7) is 0. The zero-order valence-corrected chi connectivity index (χ0v) is 11.6. The van der Waals surface area contributed by atoms with Gasteiger partial charge in [-0.2, -0.15) is 0 Å². The van der Waals surface area contributed by atoms with E-state index in [2.05, 4.69) is 22.6 Å². The molecule has 0 spiro atoms. The van der Waals surface area contributed by atoms with Crippen LogP contribution in [0.1, 0.15) is 5.56 Å². The highest BCUT2D eigenvalue weighted by atomic mass is 127. The third-order valence-corrected chi connectivity index (χ3v) is 4.33. The van der Waals surface area contributed by atoms with Crippen molar-refractivity contribution >= 4 is 33.4 Å². The lowest BCUT2D eigenvalue weighted by atomic mass is 10.2. The van der Waals surface area contributed by atoms with Gasteiger partial charge in [0.15, 0.2) is 0 Å². The number of rotatable bonds is 3. The average molecular weight is 342 g/mol. The monoisotopic (exact) mass is 342 g/mol. The molecule has 0 amide bonds. The molecule has 0 heterocycles. The maximum atomic E-state index is 12.0. The van der Waals surface area contributed by atoms with Crippen LogP contribution in [0.4, 0.5) is 0 Å². The summed E-state index contributed by atoms with van der Waals surface area (Å²) in [7, 11) is -0.943. The van der Waals surface area contributed by atoms with E-state index in [-0.39, 0.29) is 0 Å². The quantitative estimate of drug-likeness (QED) is 0.779. The van der Waals surface area contributed by atoms with Crippen molar-refractivity contribution in [2.45, 2.75) is 10.6 Å². The molecule has 2 aromatic rings. The second kappa shape index (κ2) is 5.59. The highest BCUT2D eigenvalue weighted by Crippen LogP contribution is 2.13. The fourth-order valence-electron chi connectivity index (χ4n) is 1.39. The fraction of sp³-hybridized carbons (Fsp3) is 0.0769. The Bertz CT molecular complexity index is 479. The van der Waals surface area contributed by atoms with Gasteiger partial charge in [-0.05, 0) is 52.4 Å². The van der Waals surface area contributed by atoms with Crippen LogP contribution in [0.3, 0.4) is 0 Å². The smallest absolute Gasteiger partial charge is 0.0574 e. The fourth-order valence-corrected chi connectivity index (χ4v) is 2.87. The van der Waals surface area contributed by atoms with E-state index in [1.165, 1.54) is 3.57 Å². The summed E-state index contributed by atoms with van der Waals surface area (Å²) in [5.41, 5.74) is 1.11. The topological polar surface area (TPSA) is 17.1 Å². The molecule has 3 heteroatoms. The number of hydrogen-bond acceptors (Lipinski definition) is 1. The summed E-state index contributed by atoms with van der Waals surface area (Å²) in [6, 6.07) is 17.7. The van der Waals surface area contributed by atoms with Gasteiger partial charge in [-0.25, -0.2) is 0 Å². The standard InChI is InChI=1S/C13H11IOS/c14-12-8-6-11(7-9-12)10-16(15)13-4-2-1-3-5-13/h1-9H,10H2. The number of hydrogen-bond donors (Lipinski definition) is 0. The second-order valence-corrected chi connectivity index (χ2v) is 6.13. The molecule has 0 aliphatic rings. The minimum atomic E-state index is -0.943. The van der Waals surface area contributed by atoms with Crippen LogP contribution in [0.5, 0.6) is 0 Å². The van der Waals surface area contributed by atoms with Crippen LogP contribution >= 0.6 is 22.6 Å². The van der Waals surface area contributed by atoms with E-state index in [0.717, 1.165) is 10.5 Å². The van der Waals surface area contributed by atoms with Crippen molar-refractivity contribution in [1.29, 1.82) is 0 Å². The Morgan fingerprint density at radius 1 is 0.938 bits per heavy atom. The molecule has 82 valence electrons. The Balaban J connectivity index is 2.11. The van der Waals surface area contributed by atoms with Gasteiger partial charge in [-0.1, -0.05) is 30.3 Å². The Hall–Kier alpha value is -0.680. The van der Waals surface area contributed by atoms with Gasteiger partial charge in [-0.3, -0.25) is 4.21 Å². The molecule has 1 unspecified atom stereocenters. The van der Waals surface area contributed by atoms with Crippen LogP contribution in [-0.2, 0) is 16.6 Å². The zero-order chi connectivity index (χ0) is 11.4. The van der Waals surface area contributed by atoms with Crippen LogP contribution in [0.25, 0.3) is 0 Å². The van der Waals surface area contributed by atoms with Crippen LogP contribution < -0.4 is 0 Å². The molecular formula is C13H11IOS. The van der Waals surface area contributed by atoms with E-state index in [0.29, 0.717) is 5.75 Å². The van der Waals surface area contributed by atoms with Crippen LogP contribution in [0, 0.1) is 3.57 Å². The molecule has 0 bridgehead atoms. The first-order chi connectivity index (χ1) is 7.75. The highest BCUT2D eigenvalue weighted by Gasteiger charge is 2.03. The van der Waals surface area contributed by atoms with E-state index in [1.54, 1.807) is 0 Å². The van der Waals surface area contributed by atoms with Crippen LogP contribution in [0.15, 0.2) is 59.5 Å². The largest absolute Gasteiger partial charge is 0.254 e. The molecule has 0 fully saturated rings. The summed E-state index contributed by atoms with van der Waals surface area (Å²) >= 11 is 2.27. The Kier molecular flexibility index (Phi) is 4.12. The Morgan fingerprint density at radius 2 is 1.56 bits per heavy atom. The number of benzene rings is 2. The highest BCUT2D eigenvalue weighted by molar-refractivity contribution is 14.1. The average Bonchev–Trinajstić information content (AvgIpc) is 2.33. The molecule has 2 rings (SSSR count). The minimum absolute atomic E-state index is 0.584. The SMILES string of the molecule is O=S(Cc1ccc(I)cc1)c1ccccc1.